The van der Waals surface area contributed by atoms with Gasteiger partial charge in [-0.25, -0.2) is 4.79 Å². The SMILES string of the molecule is CCOC(=O)c1c(C)n(-c2ccc(Cl)cc2)c2cc(Br)c(O)cc12. The Balaban J connectivity index is 2.36. The summed E-state index contributed by atoms with van der Waals surface area (Å²) in [4.78, 5) is 12.4. The average Bonchev–Trinajstić information content (AvgIpc) is 2.80. The molecule has 0 saturated carbocycles. The molecule has 0 aliphatic rings. The van der Waals surface area contributed by atoms with Gasteiger partial charge in [0, 0.05) is 21.8 Å². The highest BCUT2D eigenvalue weighted by Crippen LogP contribution is 2.36. The molecule has 0 amide bonds. The average molecular weight is 409 g/mol. The summed E-state index contributed by atoms with van der Waals surface area (Å²) in [5, 5.41) is 11.3. The van der Waals surface area contributed by atoms with Gasteiger partial charge in [0.25, 0.3) is 0 Å². The summed E-state index contributed by atoms with van der Waals surface area (Å²) in [5.74, 6) is -0.337. The number of ether oxygens (including phenoxy) is 1. The number of rotatable bonds is 3. The smallest absolute Gasteiger partial charge is 0.340 e. The fourth-order valence-corrected chi connectivity index (χ4v) is 3.27. The van der Waals surface area contributed by atoms with Crippen LogP contribution in [-0.4, -0.2) is 22.2 Å². The summed E-state index contributed by atoms with van der Waals surface area (Å²) in [7, 11) is 0. The molecule has 2 aromatic carbocycles. The Morgan fingerprint density at radius 3 is 2.58 bits per heavy atom. The van der Waals surface area contributed by atoms with Crippen LogP contribution in [0.25, 0.3) is 16.6 Å². The third kappa shape index (κ3) is 2.78. The number of halogens is 2. The molecule has 1 aromatic heterocycles. The summed E-state index contributed by atoms with van der Waals surface area (Å²) >= 11 is 9.31. The van der Waals surface area contributed by atoms with E-state index in [2.05, 4.69) is 15.9 Å². The fourth-order valence-electron chi connectivity index (χ4n) is 2.81. The van der Waals surface area contributed by atoms with E-state index in [9.17, 15) is 9.90 Å². The second kappa shape index (κ2) is 6.49. The van der Waals surface area contributed by atoms with Crippen LogP contribution in [0.5, 0.6) is 5.75 Å². The number of phenolic OH excluding ortho intramolecular Hbond substituents is 1. The molecule has 0 aliphatic carbocycles. The van der Waals surface area contributed by atoms with Gasteiger partial charge in [-0.3, -0.25) is 0 Å². The van der Waals surface area contributed by atoms with Crippen molar-refractivity contribution < 1.29 is 14.6 Å². The maximum Gasteiger partial charge on any atom is 0.340 e. The Kier molecular flexibility index (Phi) is 4.56. The van der Waals surface area contributed by atoms with Crippen molar-refractivity contribution in [2.24, 2.45) is 0 Å². The van der Waals surface area contributed by atoms with E-state index in [4.69, 9.17) is 16.3 Å². The molecule has 0 bridgehead atoms. The molecule has 4 nitrogen and oxygen atoms in total. The number of carbonyl (C=O) groups is 1. The summed E-state index contributed by atoms with van der Waals surface area (Å²) < 4.78 is 7.69. The van der Waals surface area contributed by atoms with Crippen LogP contribution in [0.1, 0.15) is 23.0 Å². The van der Waals surface area contributed by atoms with Gasteiger partial charge in [0.15, 0.2) is 0 Å². The van der Waals surface area contributed by atoms with Crippen molar-refractivity contribution in [3.8, 4) is 11.4 Å². The fraction of sp³-hybridized carbons (Fsp3) is 0.167. The molecule has 0 radical (unpaired) electrons. The largest absolute Gasteiger partial charge is 0.507 e. The Hall–Kier alpha value is -1.98. The predicted molar refractivity (Wildman–Crippen MR) is 98.3 cm³/mol. The zero-order valence-corrected chi connectivity index (χ0v) is 15.5. The topological polar surface area (TPSA) is 51.5 Å². The quantitative estimate of drug-likeness (QED) is 0.603. The number of nitrogens with zero attached hydrogens (tertiary/aromatic N) is 1. The van der Waals surface area contributed by atoms with Crippen LogP contribution >= 0.6 is 27.5 Å². The number of benzene rings is 2. The normalized spacial score (nSPS) is 11.0. The van der Waals surface area contributed by atoms with E-state index < -0.39 is 5.97 Å². The van der Waals surface area contributed by atoms with E-state index in [1.165, 1.54) is 0 Å². The van der Waals surface area contributed by atoms with Crippen LogP contribution in [0, 0.1) is 6.92 Å². The Morgan fingerprint density at radius 1 is 1.29 bits per heavy atom. The van der Waals surface area contributed by atoms with E-state index >= 15 is 0 Å². The van der Waals surface area contributed by atoms with Crippen LogP contribution in [0.2, 0.25) is 5.02 Å². The monoisotopic (exact) mass is 407 g/mol. The van der Waals surface area contributed by atoms with E-state index in [0.717, 1.165) is 16.9 Å². The van der Waals surface area contributed by atoms with Crippen LogP contribution in [0.15, 0.2) is 40.9 Å². The Labute approximate surface area is 152 Å². The summed E-state index contributed by atoms with van der Waals surface area (Å²) in [6.45, 7) is 3.90. The molecule has 0 atom stereocenters. The molecule has 24 heavy (non-hydrogen) atoms. The summed E-state index contributed by atoms with van der Waals surface area (Å²) in [6, 6.07) is 10.7. The molecule has 0 unspecified atom stereocenters. The zero-order chi connectivity index (χ0) is 17.4. The third-order valence-electron chi connectivity index (χ3n) is 3.84. The standard InChI is InChI=1S/C18H15BrClNO3/c1-3-24-18(23)17-10(2)21(12-6-4-11(20)5-7-12)15-9-14(19)16(22)8-13(15)17/h4-9,22H,3H2,1-2H3. The number of aromatic hydroxyl groups is 1. The van der Waals surface area contributed by atoms with Gasteiger partial charge in [-0.15, -0.1) is 0 Å². The number of phenols is 1. The third-order valence-corrected chi connectivity index (χ3v) is 4.72. The van der Waals surface area contributed by atoms with Gasteiger partial charge in [0.1, 0.15) is 5.75 Å². The Morgan fingerprint density at radius 2 is 1.96 bits per heavy atom. The van der Waals surface area contributed by atoms with Crippen molar-refractivity contribution in [1.82, 2.24) is 4.57 Å². The number of hydrogen-bond donors (Lipinski definition) is 1. The van der Waals surface area contributed by atoms with Gasteiger partial charge in [-0.1, -0.05) is 11.6 Å². The second-order valence-electron chi connectivity index (χ2n) is 5.31. The molecule has 1 N–H and O–H groups in total. The van der Waals surface area contributed by atoms with Crippen molar-refractivity contribution in [3.05, 3.63) is 57.2 Å². The number of carbonyl (C=O) groups excluding carboxylic acids is 1. The zero-order valence-electron chi connectivity index (χ0n) is 13.1. The first-order valence-electron chi connectivity index (χ1n) is 7.40. The first kappa shape index (κ1) is 16.9. The molecule has 0 fully saturated rings. The van der Waals surface area contributed by atoms with Crippen LogP contribution in [0.3, 0.4) is 0 Å². The highest BCUT2D eigenvalue weighted by Gasteiger charge is 2.23. The van der Waals surface area contributed by atoms with Gasteiger partial charge >= 0.3 is 5.97 Å². The van der Waals surface area contributed by atoms with Crippen LogP contribution in [0.4, 0.5) is 0 Å². The van der Waals surface area contributed by atoms with Gasteiger partial charge in [-0.2, -0.15) is 0 Å². The highest BCUT2D eigenvalue weighted by molar-refractivity contribution is 9.10. The molecule has 0 spiro atoms. The first-order valence-corrected chi connectivity index (χ1v) is 8.57. The lowest BCUT2D eigenvalue weighted by Crippen LogP contribution is -2.07. The van der Waals surface area contributed by atoms with Gasteiger partial charge in [0.05, 0.1) is 22.2 Å². The number of hydrogen-bond acceptors (Lipinski definition) is 3. The van der Waals surface area contributed by atoms with Crippen molar-refractivity contribution in [3.63, 3.8) is 0 Å². The lowest BCUT2D eigenvalue weighted by Gasteiger charge is -2.09. The highest BCUT2D eigenvalue weighted by atomic mass is 79.9. The molecule has 0 aliphatic heterocycles. The first-order chi connectivity index (χ1) is 11.4. The predicted octanol–water partition coefficient (Wildman–Crippen LogP) is 5.24. The van der Waals surface area contributed by atoms with E-state index in [0.29, 0.717) is 20.4 Å². The maximum absolute atomic E-state index is 12.4. The molecule has 124 valence electrons. The van der Waals surface area contributed by atoms with E-state index in [-0.39, 0.29) is 12.4 Å². The second-order valence-corrected chi connectivity index (χ2v) is 6.60. The molecular weight excluding hydrogens is 394 g/mol. The van der Waals surface area contributed by atoms with Gasteiger partial charge in [0.2, 0.25) is 0 Å². The van der Waals surface area contributed by atoms with E-state index in [1.54, 1.807) is 31.2 Å². The minimum Gasteiger partial charge on any atom is -0.507 e. The molecular formula is C18H15BrClNO3. The number of esters is 1. The minimum absolute atomic E-state index is 0.0707. The molecule has 3 aromatic rings. The van der Waals surface area contributed by atoms with Gasteiger partial charge < -0.3 is 14.4 Å². The van der Waals surface area contributed by atoms with E-state index in [1.807, 2.05) is 23.6 Å². The van der Waals surface area contributed by atoms with Crippen molar-refractivity contribution in [1.29, 1.82) is 0 Å². The van der Waals surface area contributed by atoms with Crippen molar-refractivity contribution in [2.45, 2.75) is 13.8 Å². The number of fused-ring (bicyclic) bond motifs is 1. The van der Waals surface area contributed by atoms with Crippen LogP contribution in [-0.2, 0) is 4.74 Å². The minimum atomic E-state index is -0.408. The van der Waals surface area contributed by atoms with Crippen molar-refractivity contribution >= 4 is 44.4 Å². The van der Waals surface area contributed by atoms with Crippen LogP contribution < -0.4 is 0 Å². The summed E-state index contributed by atoms with van der Waals surface area (Å²) in [5.41, 5.74) is 2.85. The molecule has 3 rings (SSSR count). The maximum atomic E-state index is 12.4. The molecule has 6 heteroatoms. The summed E-state index contributed by atoms with van der Waals surface area (Å²) in [6.07, 6.45) is 0. The van der Waals surface area contributed by atoms with Gasteiger partial charge in [-0.05, 0) is 66.2 Å². The lowest BCUT2D eigenvalue weighted by atomic mass is 10.1. The van der Waals surface area contributed by atoms with Crippen molar-refractivity contribution in [2.75, 3.05) is 6.61 Å². The molecule has 1 heterocycles. The molecule has 0 saturated heterocycles. The lowest BCUT2D eigenvalue weighted by molar-refractivity contribution is 0.0527. The Bertz CT molecular complexity index is 932. The number of aromatic nitrogens is 1.